The minimum Gasteiger partial charge on any atom is -0.455 e. The third-order valence-electron chi connectivity index (χ3n) is 5.64. The molecule has 1 aliphatic carbocycles. The van der Waals surface area contributed by atoms with Gasteiger partial charge in [0.2, 0.25) is 0 Å². The predicted octanol–water partition coefficient (Wildman–Crippen LogP) is 5.09. The van der Waals surface area contributed by atoms with Gasteiger partial charge in [-0.05, 0) is 72.8 Å². The predicted molar refractivity (Wildman–Crippen MR) is 126 cm³/mol. The fraction of sp³-hybridized carbons (Fsp3) is 0.250. The van der Waals surface area contributed by atoms with E-state index in [-0.39, 0.29) is 17.6 Å². The maximum absolute atomic E-state index is 13.0. The number of fused-ring (bicyclic) bond motifs is 1. The molecule has 2 aromatic heterocycles. The molecule has 0 saturated heterocycles. The number of hydrogen-bond acceptors (Lipinski definition) is 5. The highest BCUT2D eigenvalue weighted by Crippen LogP contribution is 2.30. The molecule has 1 aliphatic rings. The molecule has 0 bridgehead atoms. The number of hydrogen-bond donors (Lipinski definition) is 2. The van der Waals surface area contributed by atoms with Crippen LogP contribution in [-0.2, 0) is 6.42 Å². The van der Waals surface area contributed by atoms with Crippen molar-refractivity contribution in [1.82, 2.24) is 10.4 Å². The lowest BCUT2D eigenvalue weighted by Gasteiger charge is -2.13. The Morgan fingerprint density at radius 3 is 2.69 bits per heavy atom. The summed E-state index contributed by atoms with van der Waals surface area (Å²) in [5.41, 5.74) is 8.10. The molecule has 164 valence electrons. The largest absolute Gasteiger partial charge is 0.455 e. The molecule has 1 aromatic carbocycles. The second-order valence-electron chi connectivity index (χ2n) is 7.80. The smallest absolute Gasteiger partial charge is 0.291 e. The third-order valence-corrected chi connectivity index (χ3v) is 6.08. The van der Waals surface area contributed by atoms with Gasteiger partial charge in [-0.15, -0.1) is 0 Å². The summed E-state index contributed by atoms with van der Waals surface area (Å²) in [6.45, 7) is 5.82. The summed E-state index contributed by atoms with van der Waals surface area (Å²) in [6, 6.07) is 7.46. The Bertz CT molecular complexity index is 1250. The Labute approximate surface area is 194 Å². The number of furan rings is 1. The van der Waals surface area contributed by atoms with E-state index in [1.165, 1.54) is 6.20 Å². The first-order chi connectivity index (χ1) is 15.3. The molecule has 7 nitrogen and oxygen atoms in total. The highest BCUT2D eigenvalue weighted by molar-refractivity contribution is 9.10. The summed E-state index contributed by atoms with van der Waals surface area (Å²) in [6.07, 6.45) is 5.31. The molecule has 0 atom stereocenters. The Morgan fingerprint density at radius 1 is 1.09 bits per heavy atom. The Morgan fingerprint density at radius 2 is 1.91 bits per heavy atom. The van der Waals surface area contributed by atoms with Gasteiger partial charge >= 0.3 is 0 Å². The molecule has 4 rings (SSSR count). The number of anilines is 1. The lowest BCUT2D eigenvalue weighted by Crippen LogP contribution is -2.22. The van der Waals surface area contributed by atoms with Crippen molar-refractivity contribution in [1.29, 1.82) is 0 Å². The molecule has 2 heterocycles. The van der Waals surface area contributed by atoms with Crippen LogP contribution in [0.3, 0.4) is 0 Å². The maximum atomic E-state index is 13.0. The number of aromatic nitrogens is 1. The van der Waals surface area contributed by atoms with Crippen LogP contribution in [0.25, 0.3) is 0 Å². The standard InChI is InChI=1S/C24H23BrN4O3/c1-13-6-4-7-18(14(13)2)27-24(31)22-15(3)21-19(8-5-9-20(21)32-22)28-29-23(30)16-10-17(25)12-26-11-16/h4,6-7,10-12H,5,8-9H2,1-3H3,(H,27,31)(H,29,30)/b28-19+. The summed E-state index contributed by atoms with van der Waals surface area (Å²) >= 11 is 3.31. The number of halogens is 1. The summed E-state index contributed by atoms with van der Waals surface area (Å²) in [5, 5.41) is 7.31. The van der Waals surface area contributed by atoms with Gasteiger partial charge in [0.05, 0.1) is 11.3 Å². The number of carbonyl (C=O) groups excluding carboxylic acids is 2. The first-order valence-corrected chi connectivity index (χ1v) is 11.1. The van der Waals surface area contributed by atoms with E-state index in [9.17, 15) is 9.59 Å². The van der Waals surface area contributed by atoms with Crippen molar-refractivity contribution in [2.24, 2.45) is 5.10 Å². The van der Waals surface area contributed by atoms with E-state index in [0.29, 0.717) is 22.2 Å². The minimum atomic E-state index is -0.354. The summed E-state index contributed by atoms with van der Waals surface area (Å²) < 4.78 is 6.67. The molecule has 0 spiro atoms. The molecule has 8 heteroatoms. The monoisotopic (exact) mass is 494 g/mol. The fourth-order valence-corrected chi connectivity index (χ4v) is 4.15. The van der Waals surface area contributed by atoms with Gasteiger partial charge in [0, 0.05) is 40.1 Å². The van der Waals surface area contributed by atoms with Gasteiger partial charge in [-0.25, -0.2) is 5.43 Å². The van der Waals surface area contributed by atoms with E-state index in [1.807, 2.05) is 39.0 Å². The molecule has 0 fully saturated rings. The average molecular weight is 495 g/mol. The average Bonchev–Trinajstić information content (AvgIpc) is 3.12. The number of hydrazone groups is 1. The number of aryl methyl sites for hydroxylation is 2. The quantitative estimate of drug-likeness (QED) is 0.493. The number of amides is 2. The van der Waals surface area contributed by atoms with Crippen molar-refractivity contribution in [3.63, 3.8) is 0 Å². The van der Waals surface area contributed by atoms with Crippen LogP contribution in [0.1, 0.15) is 61.8 Å². The lowest BCUT2D eigenvalue weighted by molar-refractivity contribution is 0.0953. The van der Waals surface area contributed by atoms with E-state index in [1.54, 1.807) is 12.3 Å². The molecular formula is C24H23BrN4O3. The molecular weight excluding hydrogens is 472 g/mol. The van der Waals surface area contributed by atoms with Crippen LogP contribution < -0.4 is 10.7 Å². The van der Waals surface area contributed by atoms with Crippen molar-refractivity contribution in [3.05, 3.63) is 80.5 Å². The van der Waals surface area contributed by atoms with Crippen LogP contribution in [0, 0.1) is 20.8 Å². The summed E-state index contributed by atoms with van der Waals surface area (Å²) in [4.78, 5) is 29.4. The van der Waals surface area contributed by atoms with Gasteiger partial charge in [0.25, 0.3) is 11.8 Å². The third kappa shape index (κ3) is 4.36. The van der Waals surface area contributed by atoms with Crippen LogP contribution in [0.4, 0.5) is 5.69 Å². The first-order valence-electron chi connectivity index (χ1n) is 10.3. The SMILES string of the molecule is Cc1cccc(NC(=O)c2oc3c(c2C)/C(=N/NC(=O)c2cncc(Br)c2)CCC3)c1C. The van der Waals surface area contributed by atoms with Crippen LogP contribution in [0.2, 0.25) is 0 Å². The molecule has 0 unspecified atom stereocenters. The van der Waals surface area contributed by atoms with Gasteiger partial charge in [-0.2, -0.15) is 5.10 Å². The zero-order valence-corrected chi connectivity index (χ0v) is 19.7. The molecule has 0 saturated carbocycles. The van der Waals surface area contributed by atoms with E-state index >= 15 is 0 Å². The second kappa shape index (κ2) is 9.08. The first kappa shape index (κ1) is 22.0. The van der Waals surface area contributed by atoms with Gasteiger partial charge in [0.15, 0.2) is 5.76 Å². The number of rotatable bonds is 4. The van der Waals surface area contributed by atoms with Gasteiger partial charge in [-0.3, -0.25) is 14.6 Å². The fourth-order valence-electron chi connectivity index (χ4n) is 3.78. The molecule has 2 amide bonds. The van der Waals surface area contributed by atoms with Gasteiger partial charge in [-0.1, -0.05) is 12.1 Å². The zero-order chi connectivity index (χ0) is 22.8. The molecule has 0 radical (unpaired) electrons. The van der Waals surface area contributed by atoms with E-state index in [2.05, 4.69) is 36.8 Å². The molecule has 0 aliphatic heterocycles. The second-order valence-corrected chi connectivity index (χ2v) is 8.72. The highest BCUT2D eigenvalue weighted by Gasteiger charge is 2.28. The molecule has 2 N–H and O–H groups in total. The van der Waals surface area contributed by atoms with Crippen LogP contribution in [0.15, 0.2) is 50.7 Å². The van der Waals surface area contributed by atoms with Crippen LogP contribution in [-0.4, -0.2) is 22.5 Å². The van der Waals surface area contributed by atoms with Crippen LogP contribution in [0.5, 0.6) is 0 Å². The lowest BCUT2D eigenvalue weighted by atomic mass is 9.93. The normalized spacial score (nSPS) is 14.2. The van der Waals surface area contributed by atoms with E-state index in [0.717, 1.165) is 46.5 Å². The Kier molecular flexibility index (Phi) is 6.23. The number of benzene rings is 1. The van der Waals surface area contributed by atoms with Crippen molar-refractivity contribution in [2.45, 2.75) is 40.0 Å². The zero-order valence-electron chi connectivity index (χ0n) is 18.1. The summed E-state index contributed by atoms with van der Waals surface area (Å²) in [5.74, 6) is 0.340. The number of nitrogens with one attached hydrogen (secondary N) is 2. The number of pyridine rings is 1. The van der Waals surface area contributed by atoms with Gasteiger partial charge in [0.1, 0.15) is 5.76 Å². The van der Waals surface area contributed by atoms with Crippen molar-refractivity contribution in [2.75, 3.05) is 5.32 Å². The van der Waals surface area contributed by atoms with Crippen molar-refractivity contribution < 1.29 is 14.0 Å². The number of nitrogens with zero attached hydrogens (tertiary/aromatic N) is 2. The number of carbonyl (C=O) groups is 2. The molecule has 3 aromatic rings. The van der Waals surface area contributed by atoms with Crippen molar-refractivity contribution >= 4 is 39.1 Å². The minimum absolute atomic E-state index is 0.271. The van der Waals surface area contributed by atoms with Crippen LogP contribution >= 0.6 is 15.9 Å². The Balaban J connectivity index is 1.58. The Hall–Kier alpha value is -3.26. The summed E-state index contributed by atoms with van der Waals surface area (Å²) in [7, 11) is 0. The van der Waals surface area contributed by atoms with E-state index in [4.69, 9.17) is 4.42 Å². The maximum Gasteiger partial charge on any atom is 0.291 e. The van der Waals surface area contributed by atoms with E-state index < -0.39 is 0 Å². The molecule has 32 heavy (non-hydrogen) atoms. The van der Waals surface area contributed by atoms with Crippen molar-refractivity contribution in [3.8, 4) is 0 Å². The van der Waals surface area contributed by atoms with Gasteiger partial charge < -0.3 is 9.73 Å². The highest BCUT2D eigenvalue weighted by atomic mass is 79.9. The topological polar surface area (TPSA) is 96.6 Å².